The molecule has 0 radical (unpaired) electrons. The monoisotopic (exact) mass is 483 g/mol. The molecule has 4 rings (SSSR count). The molecule has 7 nitrogen and oxygen atoms in total. The van der Waals surface area contributed by atoms with Gasteiger partial charge in [-0.3, -0.25) is 9.78 Å². The normalized spacial score (nSPS) is 15.3. The number of carbonyl (C=O) groups is 1. The molecule has 0 atom stereocenters. The Bertz CT molecular complexity index is 1430. The van der Waals surface area contributed by atoms with Crippen LogP contribution in [0.5, 0.6) is 0 Å². The Kier molecular flexibility index (Phi) is 6.17. The summed E-state index contributed by atoms with van der Waals surface area (Å²) >= 11 is 6.17. The highest BCUT2D eigenvalue weighted by atomic mass is 32.2. The number of nitrogens with one attached hydrogen (secondary N) is 2. The minimum atomic E-state index is -3.55. The number of hydrogen-bond donors (Lipinski definition) is 2. The van der Waals surface area contributed by atoms with Crippen LogP contribution < -0.4 is 10.0 Å². The molecule has 0 saturated carbocycles. The second-order valence-electron chi connectivity index (χ2n) is 7.16. The summed E-state index contributed by atoms with van der Waals surface area (Å²) in [5.41, 5.74) is 1.77. The average molecular weight is 484 g/mol. The number of thioether (sulfide) groups is 1. The van der Waals surface area contributed by atoms with Gasteiger partial charge in [0.2, 0.25) is 10.0 Å². The van der Waals surface area contributed by atoms with E-state index in [1.807, 2.05) is 0 Å². The molecule has 2 aromatic heterocycles. The maximum absolute atomic E-state index is 12.2. The molecule has 1 aliphatic rings. The van der Waals surface area contributed by atoms with Gasteiger partial charge in [-0.25, -0.2) is 13.1 Å². The van der Waals surface area contributed by atoms with Gasteiger partial charge in [0.25, 0.3) is 5.91 Å². The summed E-state index contributed by atoms with van der Waals surface area (Å²) in [6.07, 6.45) is 4.87. The fourth-order valence-electron chi connectivity index (χ4n) is 2.93. The highest BCUT2D eigenvalue weighted by Gasteiger charge is 2.22. The number of thiocarbonyl (C=S) groups is 1. The third kappa shape index (κ3) is 4.92. The molecule has 1 saturated heterocycles. The van der Waals surface area contributed by atoms with E-state index in [0.717, 1.165) is 5.39 Å². The molecule has 1 aliphatic heterocycles. The minimum absolute atomic E-state index is 0.178. The van der Waals surface area contributed by atoms with Gasteiger partial charge in [0.1, 0.15) is 10.1 Å². The van der Waals surface area contributed by atoms with Crippen LogP contribution in [0.1, 0.15) is 30.7 Å². The molecule has 162 valence electrons. The molecule has 1 fully saturated rings. The van der Waals surface area contributed by atoms with E-state index in [0.29, 0.717) is 31.7 Å². The van der Waals surface area contributed by atoms with E-state index in [4.69, 9.17) is 16.6 Å². The van der Waals surface area contributed by atoms with Crippen molar-refractivity contribution in [3.63, 3.8) is 0 Å². The number of sulfonamides is 1. The number of fused-ring (bicyclic) bond motifs is 1. The van der Waals surface area contributed by atoms with Crippen LogP contribution in [0.2, 0.25) is 0 Å². The van der Waals surface area contributed by atoms with E-state index < -0.39 is 10.0 Å². The minimum Gasteiger partial charge on any atom is -0.455 e. The molecule has 0 spiro atoms. The second-order valence-corrected chi connectivity index (χ2v) is 10.6. The van der Waals surface area contributed by atoms with Gasteiger partial charge in [-0.1, -0.05) is 35.8 Å². The third-order valence-electron chi connectivity index (χ3n) is 4.25. The predicted octanol–water partition coefficient (Wildman–Crippen LogP) is 3.40. The first-order valence-electron chi connectivity index (χ1n) is 9.48. The third-order valence-corrected chi connectivity index (χ3v) is 7.09. The molecule has 10 heteroatoms. The van der Waals surface area contributed by atoms with Crippen molar-refractivity contribution in [1.82, 2.24) is 15.0 Å². The van der Waals surface area contributed by atoms with Gasteiger partial charge in [0.15, 0.2) is 5.58 Å². The van der Waals surface area contributed by atoms with Crippen molar-refractivity contribution in [2.24, 2.45) is 0 Å². The average Bonchev–Trinajstić information content (AvgIpc) is 3.28. The number of aromatic nitrogens is 1. The smallest absolute Gasteiger partial charge is 0.263 e. The molecule has 32 heavy (non-hydrogen) atoms. The van der Waals surface area contributed by atoms with Gasteiger partial charge in [-0.15, -0.1) is 0 Å². The zero-order chi connectivity index (χ0) is 22.9. The summed E-state index contributed by atoms with van der Waals surface area (Å²) < 4.78 is 33.3. The fourth-order valence-corrected chi connectivity index (χ4v) is 5.20. The topological polar surface area (TPSA) is 101 Å². The van der Waals surface area contributed by atoms with E-state index >= 15 is 0 Å². The van der Waals surface area contributed by atoms with E-state index in [2.05, 4.69) is 26.9 Å². The van der Waals surface area contributed by atoms with E-state index in [1.165, 1.54) is 23.9 Å². The van der Waals surface area contributed by atoms with Crippen LogP contribution >= 0.6 is 24.0 Å². The molecule has 2 N–H and O–H groups in total. The molecular weight excluding hydrogens is 466 g/mol. The highest BCUT2D eigenvalue weighted by Crippen LogP contribution is 2.29. The van der Waals surface area contributed by atoms with Crippen molar-refractivity contribution in [3.05, 3.63) is 64.5 Å². The Morgan fingerprint density at radius 3 is 2.62 bits per heavy atom. The quantitative estimate of drug-likeness (QED) is 0.333. The van der Waals surface area contributed by atoms with Gasteiger partial charge in [-0.05, 0) is 44.2 Å². The molecule has 0 bridgehead atoms. The van der Waals surface area contributed by atoms with Gasteiger partial charge < -0.3 is 9.73 Å². The fraction of sp³-hybridized carbons (Fsp3) is 0.136. The highest BCUT2D eigenvalue weighted by molar-refractivity contribution is 8.26. The SMILES string of the molecule is CC(C)NS(=O)(=O)c1ccc(C#Cc2cncc3cc(/C=C4/SC(=S)NC4=O)oc23)cc1. The number of nitrogens with zero attached hydrogens (tertiary/aromatic N) is 1. The Morgan fingerprint density at radius 1 is 1.22 bits per heavy atom. The summed E-state index contributed by atoms with van der Waals surface area (Å²) in [5.74, 6) is 6.26. The Labute approximate surface area is 194 Å². The van der Waals surface area contributed by atoms with Crippen molar-refractivity contribution < 1.29 is 17.6 Å². The molecule has 1 aromatic carbocycles. The van der Waals surface area contributed by atoms with Crippen LogP contribution in [0.15, 0.2) is 56.9 Å². The number of furan rings is 1. The lowest BCUT2D eigenvalue weighted by Crippen LogP contribution is -2.30. The Hall–Kier alpha value is -2.97. The molecule has 0 aliphatic carbocycles. The number of benzene rings is 1. The first kappa shape index (κ1) is 22.2. The van der Waals surface area contributed by atoms with Crippen LogP contribution in [0, 0.1) is 11.8 Å². The van der Waals surface area contributed by atoms with Crippen molar-refractivity contribution in [2.45, 2.75) is 24.8 Å². The first-order valence-corrected chi connectivity index (χ1v) is 12.2. The molecule has 3 heterocycles. The first-order chi connectivity index (χ1) is 15.2. The van der Waals surface area contributed by atoms with Crippen LogP contribution in [0.25, 0.3) is 17.0 Å². The van der Waals surface area contributed by atoms with E-state index in [-0.39, 0.29) is 16.8 Å². The van der Waals surface area contributed by atoms with Crippen molar-refractivity contribution in [3.8, 4) is 11.8 Å². The summed E-state index contributed by atoms with van der Waals surface area (Å²) in [7, 11) is -3.55. The predicted molar refractivity (Wildman–Crippen MR) is 128 cm³/mol. The Balaban J connectivity index is 1.61. The largest absolute Gasteiger partial charge is 0.455 e. The lowest BCUT2D eigenvalue weighted by Gasteiger charge is -2.09. The number of pyridine rings is 1. The van der Waals surface area contributed by atoms with Crippen molar-refractivity contribution in [1.29, 1.82) is 0 Å². The summed E-state index contributed by atoms with van der Waals surface area (Å²) in [6.45, 7) is 3.53. The zero-order valence-corrected chi connectivity index (χ0v) is 19.5. The molecular formula is C22H17N3O4S3. The van der Waals surface area contributed by atoms with Gasteiger partial charge in [0.05, 0.1) is 15.4 Å². The zero-order valence-electron chi connectivity index (χ0n) is 17.0. The van der Waals surface area contributed by atoms with E-state index in [9.17, 15) is 13.2 Å². The number of hydrogen-bond acceptors (Lipinski definition) is 7. The maximum Gasteiger partial charge on any atom is 0.263 e. The van der Waals surface area contributed by atoms with Crippen molar-refractivity contribution in [2.75, 3.05) is 0 Å². The number of rotatable bonds is 4. The molecule has 1 amide bonds. The van der Waals surface area contributed by atoms with Gasteiger partial charge in [-0.2, -0.15) is 0 Å². The summed E-state index contributed by atoms with van der Waals surface area (Å²) in [4.78, 5) is 16.7. The molecule has 3 aromatic rings. The lowest BCUT2D eigenvalue weighted by atomic mass is 10.2. The second kappa shape index (κ2) is 8.88. The van der Waals surface area contributed by atoms with Crippen LogP contribution in [0.4, 0.5) is 0 Å². The van der Waals surface area contributed by atoms with E-state index in [1.54, 1.807) is 50.5 Å². The standard InChI is InChI=1S/C22H17N3O4S3/c1-13(2)25-32(27,28)18-7-4-14(5-8-18)3-6-15-11-23-12-16-9-17(29-20(15)16)10-19-21(26)24-22(30)31-19/h4-5,7-13,25H,1-2H3,(H,24,26,30)/b19-10+. The van der Waals surface area contributed by atoms with Gasteiger partial charge in [0, 0.05) is 35.5 Å². The van der Waals surface area contributed by atoms with Crippen LogP contribution in [0.3, 0.4) is 0 Å². The van der Waals surface area contributed by atoms with Crippen LogP contribution in [-0.2, 0) is 14.8 Å². The molecule has 0 unspecified atom stereocenters. The number of carbonyl (C=O) groups excluding carboxylic acids is 1. The number of amides is 1. The van der Waals surface area contributed by atoms with Crippen molar-refractivity contribution >= 4 is 61.3 Å². The summed E-state index contributed by atoms with van der Waals surface area (Å²) in [6, 6.07) is 7.90. The lowest BCUT2D eigenvalue weighted by molar-refractivity contribution is -0.115. The van der Waals surface area contributed by atoms with Crippen LogP contribution in [-0.4, -0.2) is 29.7 Å². The maximum atomic E-state index is 12.2. The van der Waals surface area contributed by atoms with Gasteiger partial charge >= 0.3 is 0 Å². The summed E-state index contributed by atoms with van der Waals surface area (Å²) in [5, 5.41) is 3.31. The Morgan fingerprint density at radius 2 is 1.97 bits per heavy atom.